The Bertz CT molecular complexity index is 458. The molecule has 2 unspecified atom stereocenters. The number of nitrogens with zero attached hydrogens (tertiary/aromatic N) is 1. The van der Waals surface area contributed by atoms with E-state index in [1.807, 2.05) is 24.1 Å². The third-order valence-electron chi connectivity index (χ3n) is 4.64. The lowest BCUT2D eigenvalue weighted by atomic mass is 10.0. The van der Waals surface area contributed by atoms with Crippen LogP contribution in [0.25, 0.3) is 0 Å². The molecule has 2 atom stereocenters. The molecule has 1 aromatic carbocycles. The quantitative estimate of drug-likeness (QED) is 0.799. The lowest BCUT2D eigenvalue weighted by Gasteiger charge is -2.22. The maximum absolute atomic E-state index is 12.4. The first kappa shape index (κ1) is 11.8. The number of hydrogen-bond acceptors (Lipinski definition) is 1. The number of hydrogen-bond donors (Lipinski definition) is 0. The van der Waals surface area contributed by atoms with Crippen molar-refractivity contribution in [1.29, 1.82) is 0 Å². The molecule has 0 radical (unpaired) electrons. The van der Waals surface area contributed by atoms with Crippen LogP contribution in [0.3, 0.4) is 0 Å². The monoisotopic (exact) mass is 243 g/mol. The fraction of sp³-hybridized carbons (Fsp3) is 0.562. The zero-order chi connectivity index (χ0) is 12.7. The topological polar surface area (TPSA) is 20.3 Å². The average Bonchev–Trinajstić information content (AvgIpc) is 2.98. The standard InChI is InChI=1S/C16H21NO/c1-11-5-3-4-6-12(11)10-17(2)16(18)15-8-13-7-14(13)9-15/h3-6,13-15H,7-10H2,1-2H3. The van der Waals surface area contributed by atoms with Crippen molar-refractivity contribution in [2.45, 2.75) is 32.7 Å². The second-order valence-electron chi connectivity index (χ2n) is 6.04. The van der Waals surface area contributed by atoms with Gasteiger partial charge in [-0.05, 0) is 49.1 Å². The molecule has 2 aliphatic carbocycles. The smallest absolute Gasteiger partial charge is 0.225 e. The molecule has 18 heavy (non-hydrogen) atoms. The second-order valence-corrected chi connectivity index (χ2v) is 6.04. The Morgan fingerprint density at radius 3 is 2.56 bits per heavy atom. The Morgan fingerprint density at radius 1 is 1.22 bits per heavy atom. The van der Waals surface area contributed by atoms with E-state index in [-0.39, 0.29) is 0 Å². The predicted molar refractivity (Wildman–Crippen MR) is 72.0 cm³/mol. The molecule has 3 rings (SSSR count). The van der Waals surface area contributed by atoms with Gasteiger partial charge in [-0.15, -0.1) is 0 Å². The minimum atomic E-state index is 0.308. The van der Waals surface area contributed by atoms with Gasteiger partial charge in [-0.1, -0.05) is 24.3 Å². The van der Waals surface area contributed by atoms with Gasteiger partial charge in [0.2, 0.25) is 5.91 Å². The lowest BCUT2D eigenvalue weighted by molar-refractivity contribution is -0.134. The second kappa shape index (κ2) is 4.42. The lowest BCUT2D eigenvalue weighted by Crippen LogP contribution is -2.32. The first-order valence-electron chi connectivity index (χ1n) is 6.94. The van der Waals surface area contributed by atoms with E-state index in [0.29, 0.717) is 11.8 Å². The van der Waals surface area contributed by atoms with Crippen molar-refractivity contribution in [3.05, 3.63) is 35.4 Å². The SMILES string of the molecule is Cc1ccccc1CN(C)C(=O)C1CC2CC2C1. The molecule has 2 heteroatoms. The van der Waals surface area contributed by atoms with Crippen LogP contribution in [0.1, 0.15) is 30.4 Å². The predicted octanol–water partition coefficient (Wildman–Crippen LogP) is 3.00. The molecule has 0 bridgehead atoms. The summed E-state index contributed by atoms with van der Waals surface area (Å²) in [6, 6.07) is 8.32. The highest BCUT2D eigenvalue weighted by molar-refractivity contribution is 5.79. The summed E-state index contributed by atoms with van der Waals surface area (Å²) in [5.41, 5.74) is 2.53. The zero-order valence-corrected chi connectivity index (χ0v) is 11.2. The fourth-order valence-electron chi connectivity index (χ4n) is 3.35. The molecule has 2 saturated carbocycles. The molecule has 1 aromatic rings. The summed E-state index contributed by atoms with van der Waals surface area (Å²) in [4.78, 5) is 14.3. The van der Waals surface area contributed by atoms with Gasteiger partial charge in [-0.2, -0.15) is 0 Å². The maximum Gasteiger partial charge on any atom is 0.225 e. The van der Waals surface area contributed by atoms with E-state index in [1.165, 1.54) is 17.5 Å². The summed E-state index contributed by atoms with van der Waals surface area (Å²) in [6.45, 7) is 2.86. The summed E-state index contributed by atoms with van der Waals surface area (Å²) in [5, 5.41) is 0. The molecule has 0 N–H and O–H groups in total. The highest BCUT2D eigenvalue weighted by Crippen LogP contribution is 2.54. The summed E-state index contributed by atoms with van der Waals surface area (Å²) in [7, 11) is 1.94. The van der Waals surface area contributed by atoms with Gasteiger partial charge in [0, 0.05) is 19.5 Å². The number of carbonyl (C=O) groups excluding carboxylic acids is 1. The first-order chi connectivity index (χ1) is 8.65. The molecule has 0 saturated heterocycles. The third kappa shape index (κ3) is 2.16. The van der Waals surface area contributed by atoms with Gasteiger partial charge < -0.3 is 4.90 Å². The van der Waals surface area contributed by atoms with E-state index >= 15 is 0 Å². The molecule has 2 aliphatic rings. The first-order valence-corrected chi connectivity index (χ1v) is 6.94. The Kier molecular flexibility index (Phi) is 2.89. The highest BCUT2D eigenvalue weighted by atomic mass is 16.2. The number of carbonyl (C=O) groups is 1. The molecule has 96 valence electrons. The summed E-state index contributed by atoms with van der Waals surface area (Å²) in [6.07, 6.45) is 3.66. The van der Waals surface area contributed by atoms with Gasteiger partial charge in [-0.25, -0.2) is 0 Å². The van der Waals surface area contributed by atoms with E-state index in [2.05, 4.69) is 19.1 Å². The van der Waals surface area contributed by atoms with Gasteiger partial charge in [0.15, 0.2) is 0 Å². The van der Waals surface area contributed by atoms with Crippen molar-refractivity contribution < 1.29 is 4.79 Å². The van der Waals surface area contributed by atoms with Crippen LogP contribution in [0, 0.1) is 24.7 Å². The number of benzene rings is 1. The van der Waals surface area contributed by atoms with E-state index < -0.39 is 0 Å². The van der Waals surface area contributed by atoms with Crippen LogP contribution in [-0.4, -0.2) is 17.9 Å². The Morgan fingerprint density at radius 2 is 1.89 bits per heavy atom. The van der Waals surface area contributed by atoms with Gasteiger partial charge in [0.1, 0.15) is 0 Å². The molecular formula is C16H21NO. The summed E-state index contributed by atoms with van der Waals surface area (Å²) < 4.78 is 0. The number of rotatable bonds is 3. The number of fused-ring (bicyclic) bond motifs is 1. The number of amides is 1. The van der Waals surface area contributed by atoms with E-state index in [1.54, 1.807) is 0 Å². The van der Waals surface area contributed by atoms with Crippen molar-refractivity contribution in [3.8, 4) is 0 Å². The normalized spacial score (nSPS) is 28.9. The molecule has 0 heterocycles. The average molecular weight is 243 g/mol. The molecule has 1 amide bonds. The summed E-state index contributed by atoms with van der Waals surface area (Å²) >= 11 is 0. The van der Waals surface area contributed by atoms with Crippen LogP contribution in [0.5, 0.6) is 0 Å². The van der Waals surface area contributed by atoms with Crippen molar-refractivity contribution in [2.75, 3.05) is 7.05 Å². The number of aryl methyl sites for hydroxylation is 1. The van der Waals surface area contributed by atoms with E-state index in [4.69, 9.17) is 0 Å². The Hall–Kier alpha value is -1.31. The Labute approximate surface area is 109 Å². The molecular weight excluding hydrogens is 222 g/mol. The van der Waals surface area contributed by atoms with Crippen LogP contribution in [0.4, 0.5) is 0 Å². The van der Waals surface area contributed by atoms with Crippen molar-refractivity contribution in [1.82, 2.24) is 4.90 Å². The highest BCUT2D eigenvalue weighted by Gasteiger charge is 2.48. The molecule has 2 nitrogen and oxygen atoms in total. The van der Waals surface area contributed by atoms with Crippen molar-refractivity contribution >= 4 is 5.91 Å². The molecule has 2 fully saturated rings. The van der Waals surface area contributed by atoms with Crippen LogP contribution in [0.15, 0.2) is 24.3 Å². The van der Waals surface area contributed by atoms with Crippen LogP contribution in [-0.2, 0) is 11.3 Å². The minimum absolute atomic E-state index is 0.308. The third-order valence-corrected chi connectivity index (χ3v) is 4.64. The molecule has 0 aliphatic heterocycles. The maximum atomic E-state index is 12.4. The van der Waals surface area contributed by atoms with E-state index in [0.717, 1.165) is 31.2 Å². The van der Waals surface area contributed by atoms with Crippen molar-refractivity contribution in [3.63, 3.8) is 0 Å². The molecule has 0 aromatic heterocycles. The van der Waals surface area contributed by atoms with Crippen molar-refractivity contribution in [2.24, 2.45) is 17.8 Å². The minimum Gasteiger partial charge on any atom is -0.341 e. The fourth-order valence-corrected chi connectivity index (χ4v) is 3.35. The van der Waals surface area contributed by atoms with Crippen LogP contribution < -0.4 is 0 Å². The van der Waals surface area contributed by atoms with Crippen LogP contribution >= 0.6 is 0 Å². The van der Waals surface area contributed by atoms with Crippen LogP contribution in [0.2, 0.25) is 0 Å². The van der Waals surface area contributed by atoms with Gasteiger partial charge >= 0.3 is 0 Å². The van der Waals surface area contributed by atoms with E-state index in [9.17, 15) is 4.79 Å². The zero-order valence-electron chi connectivity index (χ0n) is 11.2. The Balaban J connectivity index is 1.62. The van der Waals surface area contributed by atoms with Gasteiger partial charge in [0.25, 0.3) is 0 Å². The molecule has 0 spiro atoms. The van der Waals surface area contributed by atoms with Gasteiger partial charge in [0.05, 0.1) is 0 Å². The summed E-state index contributed by atoms with van der Waals surface area (Å²) in [5.74, 6) is 2.42. The van der Waals surface area contributed by atoms with Gasteiger partial charge in [-0.3, -0.25) is 4.79 Å². The largest absolute Gasteiger partial charge is 0.341 e.